The van der Waals surface area contributed by atoms with Gasteiger partial charge in [-0.15, -0.1) is 0 Å². The Labute approximate surface area is 134 Å². The van der Waals surface area contributed by atoms with E-state index in [9.17, 15) is 14.0 Å². The molecule has 8 heteroatoms. The molecule has 1 aliphatic heterocycles. The molecule has 0 bridgehead atoms. The number of thioether (sulfide) groups is 2. The summed E-state index contributed by atoms with van der Waals surface area (Å²) >= 11 is 2.76. The van der Waals surface area contributed by atoms with Gasteiger partial charge in [0.2, 0.25) is 5.91 Å². The molecule has 3 rings (SSSR count). The maximum absolute atomic E-state index is 13.4. The Bertz CT molecular complexity index is 779. The number of fused-ring (bicyclic) bond motifs is 1. The topological polar surface area (TPSA) is 74.8 Å². The third-order valence-corrected chi connectivity index (χ3v) is 4.90. The van der Waals surface area contributed by atoms with Crippen molar-refractivity contribution in [2.24, 2.45) is 0 Å². The molecule has 0 fully saturated rings. The largest absolute Gasteiger partial charge is 0.323 e. The molecule has 0 aliphatic carbocycles. The molecular formula is C14H12FN3O2S2. The zero-order valence-corrected chi connectivity index (χ0v) is 13.0. The molecule has 22 heavy (non-hydrogen) atoms. The number of amides is 1. The van der Waals surface area contributed by atoms with Crippen molar-refractivity contribution < 1.29 is 9.18 Å². The first-order valence-electron chi connectivity index (χ1n) is 6.50. The summed E-state index contributed by atoms with van der Waals surface area (Å²) in [6, 6.07) is 5.96. The number of rotatable bonds is 4. The van der Waals surface area contributed by atoms with Gasteiger partial charge in [-0.05, 0) is 12.1 Å². The van der Waals surface area contributed by atoms with Crippen LogP contribution in [0.15, 0.2) is 34.2 Å². The zero-order chi connectivity index (χ0) is 15.5. The molecule has 1 aromatic carbocycles. The zero-order valence-electron chi connectivity index (χ0n) is 11.4. The van der Waals surface area contributed by atoms with Crippen molar-refractivity contribution in [2.75, 3.05) is 11.1 Å². The highest BCUT2D eigenvalue weighted by molar-refractivity contribution is 7.99. The second kappa shape index (κ2) is 6.53. The number of halogens is 1. The highest BCUT2D eigenvalue weighted by atomic mass is 32.2. The van der Waals surface area contributed by atoms with E-state index in [2.05, 4.69) is 15.3 Å². The summed E-state index contributed by atoms with van der Waals surface area (Å²) in [5.41, 5.74) is 1.49. The van der Waals surface area contributed by atoms with E-state index in [0.29, 0.717) is 22.2 Å². The van der Waals surface area contributed by atoms with Crippen LogP contribution in [0.1, 0.15) is 11.3 Å². The Morgan fingerprint density at radius 3 is 3.05 bits per heavy atom. The lowest BCUT2D eigenvalue weighted by atomic mass is 10.3. The molecule has 0 unspecified atom stereocenters. The fraction of sp³-hybridized carbons (Fsp3) is 0.214. The van der Waals surface area contributed by atoms with Crippen molar-refractivity contribution in [3.8, 4) is 0 Å². The van der Waals surface area contributed by atoms with Crippen molar-refractivity contribution >= 4 is 35.1 Å². The van der Waals surface area contributed by atoms with Gasteiger partial charge in [0.1, 0.15) is 5.82 Å². The van der Waals surface area contributed by atoms with E-state index >= 15 is 0 Å². The van der Waals surface area contributed by atoms with E-state index in [1.807, 2.05) is 0 Å². The fourth-order valence-corrected chi connectivity index (χ4v) is 3.71. The van der Waals surface area contributed by atoms with Gasteiger partial charge in [-0.1, -0.05) is 23.9 Å². The van der Waals surface area contributed by atoms with Gasteiger partial charge in [0.05, 0.1) is 17.1 Å². The van der Waals surface area contributed by atoms with Crippen molar-refractivity contribution in [1.82, 2.24) is 9.97 Å². The average Bonchev–Trinajstić information content (AvgIpc) is 2.97. The summed E-state index contributed by atoms with van der Waals surface area (Å²) in [5.74, 6) is 0.600. The molecule has 1 amide bonds. The van der Waals surface area contributed by atoms with Crippen LogP contribution in [0.2, 0.25) is 0 Å². The number of carbonyl (C=O) groups excluding carboxylic acids is 1. The normalized spacial score (nSPS) is 13.0. The van der Waals surface area contributed by atoms with Gasteiger partial charge in [0.15, 0.2) is 5.16 Å². The molecule has 2 aromatic rings. The van der Waals surface area contributed by atoms with Gasteiger partial charge >= 0.3 is 0 Å². The van der Waals surface area contributed by atoms with Crippen LogP contribution in [0, 0.1) is 5.82 Å². The lowest BCUT2D eigenvalue weighted by molar-refractivity contribution is -0.113. The number of benzene rings is 1. The first kappa shape index (κ1) is 15.1. The second-order valence-electron chi connectivity index (χ2n) is 4.61. The standard InChI is InChI=1S/C14H12FN3O2S2/c15-9-3-1-2-4-10(9)16-12(19)7-22-14-17-11-6-21-5-8(11)13(20)18-14/h1-4H,5-7H2,(H,16,19)(H,17,18,20). The second-order valence-corrected chi connectivity index (χ2v) is 6.56. The first-order chi connectivity index (χ1) is 10.6. The number of nitrogens with one attached hydrogen (secondary N) is 2. The minimum absolute atomic E-state index is 0.0448. The quantitative estimate of drug-likeness (QED) is 0.662. The fourth-order valence-electron chi connectivity index (χ4n) is 1.99. The lowest BCUT2D eigenvalue weighted by Gasteiger charge is -2.06. The number of aromatic amines is 1. The van der Waals surface area contributed by atoms with Crippen molar-refractivity contribution in [3.63, 3.8) is 0 Å². The van der Waals surface area contributed by atoms with Crippen molar-refractivity contribution in [2.45, 2.75) is 16.7 Å². The third kappa shape index (κ3) is 3.33. The Morgan fingerprint density at radius 2 is 2.23 bits per heavy atom. The number of para-hydroxylation sites is 1. The van der Waals surface area contributed by atoms with Gasteiger partial charge in [0, 0.05) is 17.1 Å². The first-order valence-corrected chi connectivity index (χ1v) is 8.64. The molecule has 0 saturated heterocycles. The minimum Gasteiger partial charge on any atom is -0.323 e. The monoisotopic (exact) mass is 337 g/mol. The Balaban J connectivity index is 1.63. The molecule has 5 nitrogen and oxygen atoms in total. The number of nitrogens with zero attached hydrogens (tertiary/aromatic N) is 1. The highest BCUT2D eigenvalue weighted by Gasteiger charge is 2.18. The summed E-state index contributed by atoms with van der Waals surface area (Å²) in [6.07, 6.45) is 0. The van der Waals surface area contributed by atoms with Crippen LogP contribution >= 0.6 is 23.5 Å². The number of carbonyl (C=O) groups is 1. The van der Waals surface area contributed by atoms with E-state index in [4.69, 9.17) is 0 Å². The molecule has 0 atom stereocenters. The Kier molecular flexibility index (Phi) is 4.49. The number of hydrogen-bond acceptors (Lipinski definition) is 5. The molecule has 2 N–H and O–H groups in total. The molecule has 2 heterocycles. The number of anilines is 1. The molecule has 0 spiro atoms. The minimum atomic E-state index is -0.484. The molecule has 0 radical (unpaired) electrons. The SMILES string of the molecule is O=C(CSc1nc2c(c(=O)[nH]1)CSC2)Nc1ccccc1F. The highest BCUT2D eigenvalue weighted by Crippen LogP contribution is 2.26. The van der Waals surface area contributed by atoms with Crippen LogP contribution in [0.4, 0.5) is 10.1 Å². The van der Waals surface area contributed by atoms with Gasteiger partial charge in [-0.2, -0.15) is 11.8 Å². The number of aromatic nitrogens is 2. The summed E-state index contributed by atoms with van der Waals surface area (Å²) < 4.78 is 13.4. The summed E-state index contributed by atoms with van der Waals surface area (Å²) in [4.78, 5) is 30.7. The summed E-state index contributed by atoms with van der Waals surface area (Å²) in [6.45, 7) is 0. The van der Waals surface area contributed by atoms with Gasteiger partial charge in [-0.25, -0.2) is 9.37 Å². The molecule has 1 aliphatic rings. The maximum atomic E-state index is 13.4. The van der Waals surface area contributed by atoms with Crippen LogP contribution in [0.3, 0.4) is 0 Å². The third-order valence-electron chi connectivity index (χ3n) is 3.05. The van der Waals surface area contributed by atoms with E-state index in [-0.39, 0.29) is 22.9 Å². The molecule has 114 valence electrons. The Hall–Kier alpha value is -1.80. The van der Waals surface area contributed by atoms with E-state index < -0.39 is 5.82 Å². The van der Waals surface area contributed by atoms with Gasteiger partial charge in [0.25, 0.3) is 5.56 Å². The maximum Gasteiger partial charge on any atom is 0.255 e. The van der Waals surface area contributed by atoms with Crippen molar-refractivity contribution in [3.05, 3.63) is 51.7 Å². The summed E-state index contributed by atoms with van der Waals surface area (Å²) in [7, 11) is 0. The molecule has 1 aromatic heterocycles. The predicted octanol–water partition coefficient (Wildman–Crippen LogP) is 2.39. The average molecular weight is 337 g/mol. The van der Waals surface area contributed by atoms with Crippen LogP contribution in [0.25, 0.3) is 0 Å². The molecule has 0 saturated carbocycles. The smallest absolute Gasteiger partial charge is 0.255 e. The number of H-pyrrole nitrogens is 1. The van der Waals surface area contributed by atoms with Crippen molar-refractivity contribution in [1.29, 1.82) is 0 Å². The van der Waals surface area contributed by atoms with Gasteiger partial charge < -0.3 is 10.3 Å². The molecular weight excluding hydrogens is 325 g/mol. The van der Waals surface area contributed by atoms with Crippen LogP contribution in [-0.2, 0) is 16.3 Å². The van der Waals surface area contributed by atoms with Crippen LogP contribution < -0.4 is 10.9 Å². The Morgan fingerprint density at radius 1 is 1.41 bits per heavy atom. The van der Waals surface area contributed by atoms with Crippen LogP contribution in [-0.4, -0.2) is 21.6 Å². The lowest BCUT2D eigenvalue weighted by Crippen LogP contribution is -2.18. The summed E-state index contributed by atoms with van der Waals surface area (Å²) in [5, 5.41) is 2.90. The predicted molar refractivity (Wildman–Crippen MR) is 85.6 cm³/mol. The van der Waals surface area contributed by atoms with E-state index in [1.165, 1.54) is 12.1 Å². The van der Waals surface area contributed by atoms with Gasteiger partial charge in [-0.3, -0.25) is 9.59 Å². The van der Waals surface area contributed by atoms with E-state index in [1.54, 1.807) is 23.9 Å². The number of hydrogen-bond donors (Lipinski definition) is 2. The van der Waals surface area contributed by atoms with Crippen LogP contribution in [0.5, 0.6) is 0 Å². The van der Waals surface area contributed by atoms with E-state index in [0.717, 1.165) is 17.5 Å².